The summed E-state index contributed by atoms with van der Waals surface area (Å²) in [4.78, 5) is 21.5. The average molecular weight is 175 g/mol. The van der Waals surface area contributed by atoms with Gasteiger partial charge in [0.1, 0.15) is 6.04 Å². The molecule has 0 heterocycles. The van der Waals surface area contributed by atoms with Crippen molar-refractivity contribution in [2.75, 3.05) is 13.7 Å². The molecule has 5 heteroatoms. The van der Waals surface area contributed by atoms with Gasteiger partial charge in [-0.05, 0) is 6.92 Å². The molecule has 2 N–H and O–H groups in total. The van der Waals surface area contributed by atoms with E-state index in [0.717, 1.165) is 0 Å². The zero-order valence-corrected chi connectivity index (χ0v) is 7.20. The zero-order chi connectivity index (χ0) is 9.56. The van der Waals surface area contributed by atoms with Crippen molar-refractivity contribution >= 4 is 11.9 Å². The predicted octanol–water partition coefficient (Wildman–Crippen LogP) is -0.560. The number of hydrogen-bond acceptors (Lipinski definition) is 5. The minimum Gasteiger partial charge on any atom is -0.468 e. The summed E-state index contributed by atoms with van der Waals surface area (Å²) in [7, 11) is 1.22. The second-order valence-electron chi connectivity index (χ2n) is 2.14. The first-order valence-corrected chi connectivity index (χ1v) is 3.60. The van der Waals surface area contributed by atoms with Gasteiger partial charge in [0.05, 0.1) is 20.1 Å². The summed E-state index contributed by atoms with van der Waals surface area (Å²) in [6.45, 7) is 1.97. The van der Waals surface area contributed by atoms with E-state index in [-0.39, 0.29) is 13.0 Å². The fourth-order valence-electron chi connectivity index (χ4n) is 0.634. The maximum absolute atomic E-state index is 10.8. The largest absolute Gasteiger partial charge is 0.468 e. The van der Waals surface area contributed by atoms with Crippen LogP contribution in [0.15, 0.2) is 0 Å². The number of methoxy groups -OCH3 is 1. The summed E-state index contributed by atoms with van der Waals surface area (Å²) in [5.74, 6) is -1.10. The Balaban J connectivity index is 3.75. The number of ether oxygens (including phenoxy) is 2. The quantitative estimate of drug-likeness (QED) is 0.579. The van der Waals surface area contributed by atoms with Crippen LogP contribution >= 0.6 is 0 Å². The SMILES string of the molecule is CCOC(=O)CC(N)C(=O)OC. The van der Waals surface area contributed by atoms with Gasteiger partial charge in [0, 0.05) is 0 Å². The molecule has 1 atom stereocenters. The third-order valence-electron chi connectivity index (χ3n) is 1.20. The molecule has 0 aliphatic rings. The van der Waals surface area contributed by atoms with Crippen LogP contribution in [0, 0.1) is 0 Å². The Morgan fingerprint density at radius 2 is 2.08 bits per heavy atom. The van der Waals surface area contributed by atoms with Gasteiger partial charge in [-0.15, -0.1) is 0 Å². The molecular weight excluding hydrogens is 162 g/mol. The van der Waals surface area contributed by atoms with Crippen LogP contribution in [-0.2, 0) is 19.1 Å². The van der Waals surface area contributed by atoms with E-state index >= 15 is 0 Å². The minimum atomic E-state index is -0.922. The van der Waals surface area contributed by atoms with Crippen molar-refractivity contribution in [1.82, 2.24) is 0 Å². The van der Waals surface area contributed by atoms with Crippen LogP contribution in [0.4, 0.5) is 0 Å². The van der Waals surface area contributed by atoms with E-state index in [1.54, 1.807) is 6.92 Å². The molecule has 0 bridgehead atoms. The Kier molecular flexibility index (Phi) is 5.03. The van der Waals surface area contributed by atoms with Gasteiger partial charge >= 0.3 is 11.9 Å². The van der Waals surface area contributed by atoms with Crippen LogP contribution in [0.2, 0.25) is 0 Å². The molecule has 0 aliphatic heterocycles. The van der Waals surface area contributed by atoms with E-state index in [2.05, 4.69) is 9.47 Å². The highest BCUT2D eigenvalue weighted by atomic mass is 16.5. The zero-order valence-electron chi connectivity index (χ0n) is 7.20. The Morgan fingerprint density at radius 3 is 2.50 bits per heavy atom. The van der Waals surface area contributed by atoms with Gasteiger partial charge in [0.15, 0.2) is 0 Å². The lowest BCUT2D eigenvalue weighted by Gasteiger charge is -2.07. The number of nitrogens with two attached hydrogens (primary N) is 1. The summed E-state index contributed by atoms with van der Waals surface area (Å²) in [5, 5.41) is 0. The summed E-state index contributed by atoms with van der Waals surface area (Å²) >= 11 is 0. The fraction of sp³-hybridized carbons (Fsp3) is 0.714. The van der Waals surface area contributed by atoms with Crippen molar-refractivity contribution in [1.29, 1.82) is 0 Å². The molecule has 0 aromatic carbocycles. The summed E-state index contributed by atoms with van der Waals surface area (Å²) < 4.78 is 8.90. The van der Waals surface area contributed by atoms with Crippen molar-refractivity contribution in [3.8, 4) is 0 Å². The molecule has 0 rings (SSSR count). The maximum Gasteiger partial charge on any atom is 0.323 e. The third-order valence-corrected chi connectivity index (χ3v) is 1.20. The highest BCUT2D eigenvalue weighted by Crippen LogP contribution is 1.93. The second-order valence-corrected chi connectivity index (χ2v) is 2.14. The predicted molar refractivity (Wildman–Crippen MR) is 41.2 cm³/mol. The maximum atomic E-state index is 10.8. The van der Waals surface area contributed by atoms with Crippen molar-refractivity contribution in [3.63, 3.8) is 0 Å². The number of carbonyl (C=O) groups excluding carboxylic acids is 2. The second kappa shape index (κ2) is 5.54. The molecule has 0 amide bonds. The molecular formula is C7H13NO4. The Bertz CT molecular complexity index is 169. The molecule has 70 valence electrons. The molecule has 0 saturated heterocycles. The van der Waals surface area contributed by atoms with Gasteiger partial charge in [0.25, 0.3) is 0 Å². The molecule has 12 heavy (non-hydrogen) atoms. The standard InChI is InChI=1S/C7H13NO4/c1-3-12-6(9)4-5(8)7(10)11-2/h5H,3-4,8H2,1-2H3. The van der Waals surface area contributed by atoms with Gasteiger partial charge in [-0.25, -0.2) is 0 Å². The van der Waals surface area contributed by atoms with Crippen LogP contribution in [0.3, 0.4) is 0 Å². The first-order chi connectivity index (χ1) is 5.61. The van der Waals surface area contributed by atoms with E-state index in [9.17, 15) is 9.59 Å². The molecule has 0 radical (unpaired) electrons. The molecule has 0 aromatic rings. The van der Waals surface area contributed by atoms with Gasteiger partial charge in [0.2, 0.25) is 0 Å². The van der Waals surface area contributed by atoms with E-state index in [1.807, 2.05) is 0 Å². The molecule has 0 aromatic heterocycles. The van der Waals surface area contributed by atoms with Crippen molar-refractivity contribution < 1.29 is 19.1 Å². The minimum absolute atomic E-state index is 0.138. The van der Waals surface area contributed by atoms with Gasteiger partial charge < -0.3 is 15.2 Å². The molecule has 0 fully saturated rings. The van der Waals surface area contributed by atoms with Crippen LogP contribution in [0.5, 0.6) is 0 Å². The monoisotopic (exact) mass is 175 g/mol. The van der Waals surface area contributed by atoms with Gasteiger partial charge in [-0.1, -0.05) is 0 Å². The van der Waals surface area contributed by atoms with Crippen LogP contribution < -0.4 is 5.73 Å². The smallest absolute Gasteiger partial charge is 0.323 e. The van der Waals surface area contributed by atoms with Gasteiger partial charge in [-0.2, -0.15) is 0 Å². The summed E-state index contributed by atoms with van der Waals surface area (Å²) in [6.07, 6.45) is -0.138. The van der Waals surface area contributed by atoms with Gasteiger partial charge in [-0.3, -0.25) is 9.59 Å². The lowest BCUT2D eigenvalue weighted by Crippen LogP contribution is -2.34. The summed E-state index contributed by atoms with van der Waals surface area (Å²) in [6, 6.07) is -0.922. The van der Waals surface area contributed by atoms with E-state index in [4.69, 9.17) is 5.73 Å². The van der Waals surface area contributed by atoms with Crippen molar-refractivity contribution in [3.05, 3.63) is 0 Å². The first-order valence-electron chi connectivity index (χ1n) is 3.60. The fourth-order valence-corrected chi connectivity index (χ4v) is 0.634. The molecule has 0 spiro atoms. The Hall–Kier alpha value is -1.10. The highest BCUT2D eigenvalue weighted by molar-refractivity contribution is 5.82. The topological polar surface area (TPSA) is 78.6 Å². The lowest BCUT2D eigenvalue weighted by atomic mass is 10.2. The van der Waals surface area contributed by atoms with Crippen LogP contribution in [0.1, 0.15) is 13.3 Å². The number of esters is 2. The molecule has 5 nitrogen and oxygen atoms in total. The van der Waals surface area contributed by atoms with E-state index in [0.29, 0.717) is 0 Å². The van der Waals surface area contributed by atoms with E-state index < -0.39 is 18.0 Å². The first kappa shape index (κ1) is 10.9. The normalized spacial score (nSPS) is 11.9. The summed E-state index contributed by atoms with van der Waals surface area (Å²) in [5.41, 5.74) is 5.28. The third kappa shape index (κ3) is 3.92. The van der Waals surface area contributed by atoms with Crippen LogP contribution in [0.25, 0.3) is 0 Å². The van der Waals surface area contributed by atoms with E-state index in [1.165, 1.54) is 7.11 Å². The molecule has 1 unspecified atom stereocenters. The number of rotatable bonds is 4. The van der Waals surface area contributed by atoms with Crippen molar-refractivity contribution in [2.45, 2.75) is 19.4 Å². The number of carbonyl (C=O) groups is 2. The number of hydrogen-bond donors (Lipinski definition) is 1. The molecule has 0 aliphatic carbocycles. The van der Waals surface area contributed by atoms with Crippen molar-refractivity contribution in [2.24, 2.45) is 5.73 Å². The Labute approximate surface area is 70.8 Å². The lowest BCUT2D eigenvalue weighted by molar-refractivity contribution is -0.149. The average Bonchev–Trinajstić information content (AvgIpc) is 2.03. The van der Waals surface area contributed by atoms with Crippen LogP contribution in [-0.4, -0.2) is 31.7 Å². The Morgan fingerprint density at radius 1 is 1.50 bits per heavy atom. The highest BCUT2D eigenvalue weighted by Gasteiger charge is 2.18. The molecule has 0 saturated carbocycles.